The number of benzene rings is 1. The molecule has 5 heteroatoms. The third-order valence-corrected chi connectivity index (χ3v) is 7.26. The number of aromatic nitrogens is 1. The van der Waals surface area contributed by atoms with Crippen LogP contribution in [0.25, 0.3) is 11.1 Å². The van der Waals surface area contributed by atoms with Crippen LogP contribution in [0.2, 0.25) is 0 Å². The van der Waals surface area contributed by atoms with Crippen molar-refractivity contribution in [2.75, 3.05) is 19.7 Å². The van der Waals surface area contributed by atoms with Crippen LogP contribution in [-0.2, 0) is 25.8 Å². The van der Waals surface area contributed by atoms with Gasteiger partial charge in [-0.2, -0.15) is 0 Å². The van der Waals surface area contributed by atoms with Crippen LogP contribution in [0.15, 0.2) is 29.3 Å². The van der Waals surface area contributed by atoms with Crippen LogP contribution in [0, 0.1) is 6.92 Å². The van der Waals surface area contributed by atoms with Crippen LogP contribution < -0.4 is 20.6 Å². The van der Waals surface area contributed by atoms with Gasteiger partial charge in [-0.15, -0.1) is 0 Å². The minimum atomic E-state index is 0.596. The summed E-state index contributed by atoms with van der Waals surface area (Å²) in [6.07, 6.45) is 10.9. The minimum absolute atomic E-state index is 0.596. The van der Waals surface area contributed by atoms with Crippen molar-refractivity contribution < 1.29 is 4.74 Å². The van der Waals surface area contributed by atoms with Crippen molar-refractivity contribution in [2.45, 2.75) is 58.9 Å². The maximum atomic E-state index is 6.75. The Kier molecular flexibility index (Phi) is 7.47. The molecule has 0 fully saturated rings. The summed E-state index contributed by atoms with van der Waals surface area (Å²) in [5.74, 6) is 0.962. The number of allylic oxidation sites excluding steroid dienone is 2. The molecular weight excluding hydrogens is 427 g/mol. The van der Waals surface area contributed by atoms with Crippen molar-refractivity contribution in [3.8, 4) is 5.75 Å². The molecule has 0 saturated carbocycles. The summed E-state index contributed by atoms with van der Waals surface area (Å²) in [6.45, 7) is 7.58. The molecule has 0 amide bonds. The van der Waals surface area contributed by atoms with Crippen LogP contribution in [-0.4, -0.2) is 24.3 Å². The monoisotopic (exact) mass is 458 g/mol. The van der Waals surface area contributed by atoms with E-state index >= 15 is 0 Å². The summed E-state index contributed by atoms with van der Waals surface area (Å²) in [5, 5.41) is 6.95. The van der Waals surface area contributed by atoms with Gasteiger partial charge in [0.1, 0.15) is 12.4 Å². The molecule has 0 unspecified atom stereocenters. The number of halogens is 2. The normalized spacial score (nSPS) is 15.6. The Morgan fingerprint density at radius 2 is 1.90 bits per heavy atom. The van der Waals surface area contributed by atoms with Gasteiger partial charge in [0.15, 0.2) is 0 Å². The first-order valence-corrected chi connectivity index (χ1v) is 12.2. The number of nitrogens with one attached hydrogen (secondary N) is 1. The Bertz CT molecular complexity index is 1100. The SMILES string of the molecule is CCNCCc1c(C)n(CCOc2ccc3c(c2)CCCC3)c2c1=CCC=C(Cl)C=2Cl. The lowest BCUT2D eigenvalue weighted by atomic mass is 9.92. The van der Waals surface area contributed by atoms with Gasteiger partial charge in [0.2, 0.25) is 0 Å². The maximum absolute atomic E-state index is 6.75. The predicted molar refractivity (Wildman–Crippen MR) is 132 cm³/mol. The topological polar surface area (TPSA) is 26.2 Å². The Balaban J connectivity index is 1.59. The zero-order valence-electron chi connectivity index (χ0n) is 18.6. The smallest absolute Gasteiger partial charge is 0.119 e. The quantitative estimate of drug-likeness (QED) is 0.586. The van der Waals surface area contributed by atoms with Crippen LogP contribution in [0.5, 0.6) is 5.75 Å². The average Bonchev–Trinajstić information content (AvgIpc) is 2.94. The Hall–Kier alpha value is -1.68. The number of hydrogen-bond donors (Lipinski definition) is 1. The lowest BCUT2D eigenvalue weighted by Crippen LogP contribution is -2.33. The second kappa shape index (κ2) is 10.3. The van der Waals surface area contributed by atoms with E-state index in [4.69, 9.17) is 27.9 Å². The fourth-order valence-electron chi connectivity index (χ4n) is 4.79. The number of fused-ring (bicyclic) bond motifs is 2. The van der Waals surface area contributed by atoms with Crippen molar-refractivity contribution in [1.29, 1.82) is 0 Å². The maximum Gasteiger partial charge on any atom is 0.119 e. The largest absolute Gasteiger partial charge is 0.492 e. The molecule has 4 rings (SSSR count). The third kappa shape index (κ3) is 4.89. The van der Waals surface area contributed by atoms with Gasteiger partial charge in [0.05, 0.1) is 22.0 Å². The zero-order valence-corrected chi connectivity index (χ0v) is 20.1. The number of aryl methyl sites for hydroxylation is 2. The molecule has 1 N–H and O–H groups in total. The first-order chi connectivity index (χ1) is 15.1. The van der Waals surface area contributed by atoms with Crippen LogP contribution in [0.4, 0.5) is 0 Å². The molecule has 0 radical (unpaired) electrons. The summed E-state index contributed by atoms with van der Waals surface area (Å²) in [5.41, 5.74) is 5.53. The second-order valence-corrected chi connectivity index (χ2v) is 9.16. The standard InChI is InChI=1S/C26H32Cl2N2O/c1-3-29-14-13-22-18(2)30(26-23(22)9-6-10-24(27)25(26)28)15-16-31-21-12-11-19-7-4-5-8-20(19)17-21/h9-12,17,29H,3-8,13-16H2,1-2H3. The molecule has 2 aliphatic rings. The van der Waals surface area contributed by atoms with E-state index in [1.165, 1.54) is 46.9 Å². The highest BCUT2D eigenvalue weighted by Crippen LogP contribution is 2.25. The lowest BCUT2D eigenvalue weighted by Gasteiger charge is -2.17. The fourth-order valence-corrected chi connectivity index (χ4v) is 5.25. The molecule has 2 aromatic rings. The first-order valence-electron chi connectivity index (χ1n) is 11.5. The van der Waals surface area contributed by atoms with Gasteiger partial charge in [-0.3, -0.25) is 0 Å². The summed E-state index contributed by atoms with van der Waals surface area (Å²) < 4.78 is 8.47. The fraction of sp³-hybridized carbons (Fsp3) is 0.462. The second-order valence-electron chi connectivity index (χ2n) is 8.37. The molecule has 0 atom stereocenters. The average molecular weight is 459 g/mol. The van der Waals surface area contributed by atoms with Gasteiger partial charge in [-0.25, -0.2) is 0 Å². The molecule has 0 aliphatic heterocycles. The number of nitrogens with zero attached hydrogens (tertiary/aromatic N) is 1. The van der Waals surface area contributed by atoms with E-state index in [-0.39, 0.29) is 0 Å². The minimum Gasteiger partial charge on any atom is -0.492 e. The van der Waals surface area contributed by atoms with Crippen molar-refractivity contribution in [1.82, 2.24) is 9.88 Å². The Morgan fingerprint density at radius 1 is 1.10 bits per heavy atom. The Labute approximate surface area is 195 Å². The van der Waals surface area contributed by atoms with Gasteiger partial charge in [-0.05, 0) is 87.4 Å². The van der Waals surface area contributed by atoms with Gasteiger partial charge in [-0.1, -0.05) is 48.3 Å². The van der Waals surface area contributed by atoms with Crippen LogP contribution in [0.1, 0.15) is 48.6 Å². The van der Waals surface area contributed by atoms with E-state index in [2.05, 4.69) is 48.0 Å². The molecule has 1 heterocycles. The lowest BCUT2D eigenvalue weighted by molar-refractivity contribution is 0.295. The van der Waals surface area contributed by atoms with E-state index < -0.39 is 0 Å². The van der Waals surface area contributed by atoms with Crippen molar-refractivity contribution in [2.24, 2.45) is 0 Å². The Morgan fingerprint density at radius 3 is 2.71 bits per heavy atom. The van der Waals surface area contributed by atoms with E-state index in [0.29, 0.717) is 16.7 Å². The summed E-state index contributed by atoms with van der Waals surface area (Å²) >= 11 is 13.2. The van der Waals surface area contributed by atoms with Crippen LogP contribution >= 0.6 is 23.2 Å². The molecular formula is C26H32Cl2N2O. The third-order valence-electron chi connectivity index (χ3n) is 6.43. The predicted octanol–water partition coefficient (Wildman–Crippen LogP) is 4.56. The molecule has 0 spiro atoms. The molecule has 31 heavy (non-hydrogen) atoms. The highest BCUT2D eigenvalue weighted by molar-refractivity contribution is 6.57. The zero-order chi connectivity index (χ0) is 21.8. The number of likely N-dealkylation sites (N-methyl/N-ethyl adjacent to an activating group) is 1. The molecule has 2 aliphatic carbocycles. The highest BCUT2D eigenvalue weighted by atomic mass is 35.5. The molecule has 0 bridgehead atoms. The van der Waals surface area contributed by atoms with Gasteiger partial charge >= 0.3 is 0 Å². The van der Waals surface area contributed by atoms with E-state index in [0.717, 1.165) is 50.0 Å². The summed E-state index contributed by atoms with van der Waals surface area (Å²) in [6, 6.07) is 6.58. The van der Waals surface area contributed by atoms with Crippen molar-refractivity contribution in [3.05, 3.63) is 62.3 Å². The first kappa shape index (κ1) is 22.5. The van der Waals surface area contributed by atoms with Gasteiger partial charge < -0.3 is 14.6 Å². The van der Waals surface area contributed by atoms with E-state index in [1.807, 2.05) is 6.08 Å². The van der Waals surface area contributed by atoms with Gasteiger partial charge in [0, 0.05) is 10.9 Å². The van der Waals surface area contributed by atoms with Crippen molar-refractivity contribution >= 4 is 34.3 Å². The molecule has 1 aromatic carbocycles. The van der Waals surface area contributed by atoms with Crippen molar-refractivity contribution in [3.63, 3.8) is 0 Å². The van der Waals surface area contributed by atoms with Crippen LogP contribution in [0.3, 0.4) is 0 Å². The number of rotatable bonds is 8. The number of hydrogen-bond acceptors (Lipinski definition) is 2. The molecule has 3 nitrogen and oxygen atoms in total. The van der Waals surface area contributed by atoms with E-state index in [9.17, 15) is 0 Å². The highest BCUT2D eigenvalue weighted by Gasteiger charge is 2.17. The van der Waals surface area contributed by atoms with Gasteiger partial charge in [0.25, 0.3) is 0 Å². The number of ether oxygens (including phenoxy) is 1. The molecule has 0 saturated heterocycles. The van der Waals surface area contributed by atoms with E-state index in [1.54, 1.807) is 0 Å². The summed E-state index contributed by atoms with van der Waals surface area (Å²) in [7, 11) is 0. The molecule has 1 aromatic heterocycles. The summed E-state index contributed by atoms with van der Waals surface area (Å²) in [4.78, 5) is 0. The molecule has 166 valence electrons.